The Labute approximate surface area is 178 Å². The van der Waals surface area contributed by atoms with Crippen LogP contribution in [0.25, 0.3) is 11.1 Å². The number of benzene rings is 1. The summed E-state index contributed by atoms with van der Waals surface area (Å²) in [6, 6.07) is 7.85. The minimum Gasteiger partial charge on any atom is -0.482 e. The van der Waals surface area contributed by atoms with E-state index in [0.717, 1.165) is 5.56 Å². The van der Waals surface area contributed by atoms with Crippen molar-refractivity contribution in [1.29, 1.82) is 0 Å². The van der Waals surface area contributed by atoms with E-state index in [4.69, 9.17) is 33.7 Å². The smallest absolute Gasteiger partial charge is 0.166 e. The molecule has 3 aromatic rings. The fourth-order valence-electron chi connectivity index (χ4n) is 2.75. The summed E-state index contributed by atoms with van der Waals surface area (Å²) in [4.78, 5) is 8.45. The van der Waals surface area contributed by atoms with Crippen LogP contribution < -0.4 is 15.9 Å². The number of nitrogens with zero attached hydrogens (tertiary/aromatic N) is 2. The monoisotopic (exact) mass is 453 g/mol. The van der Waals surface area contributed by atoms with Crippen molar-refractivity contribution in [2.45, 2.75) is 13.0 Å². The SMILES string of the molecule is CC(Oc1cc(-c2ccc(P(C)(C)=O)nc2)cnc1N)c1c(Cl)ccc(F)c1Cl. The van der Waals surface area contributed by atoms with Crippen molar-refractivity contribution in [3.63, 3.8) is 0 Å². The third kappa shape index (κ3) is 4.72. The number of nitrogens with two attached hydrogens (primary N) is 1. The van der Waals surface area contributed by atoms with Crippen LogP contribution in [0.1, 0.15) is 18.6 Å². The molecule has 5 nitrogen and oxygen atoms in total. The summed E-state index contributed by atoms with van der Waals surface area (Å²) in [6.07, 6.45) is 2.54. The maximum atomic E-state index is 13.8. The van der Waals surface area contributed by atoms with Crippen molar-refractivity contribution in [3.05, 3.63) is 64.2 Å². The molecule has 2 aromatic heterocycles. The van der Waals surface area contributed by atoms with Crippen molar-refractivity contribution in [2.24, 2.45) is 0 Å². The van der Waals surface area contributed by atoms with Crippen molar-refractivity contribution in [1.82, 2.24) is 9.97 Å². The number of halogens is 3. The normalized spacial score (nSPS) is 12.6. The molecule has 1 unspecified atom stereocenters. The van der Waals surface area contributed by atoms with Gasteiger partial charge in [0.25, 0.3) is 0 Å². The number of aromatic nitrogens is 2. The lowest BCUT2D eigenvalue weighted by molar-refractivity contribution is 0.227. The van der Waals surface area contributed by atoms with Crippen LogP contribution in [0.4, 0.5) is 10.2 Å². The fraction of sp³-hybridized carbons (Fsp3) is 0.200. The molecule has 0 aliphatic heterocycles. The Morgan fingerprint density at radius 1 is 1.10 bits per heavy atom. The molecular formula is C20H19Cl2FN3O2P. The summed E-state index contributed by atoms with van der Waals surface area (Å²) in [5, 5.41) is 0.186. The van der Waals surface area contributed by atoms with Crippen LogP contribution in [0, 0.1) is 5.82 Å². The molecule has 0 radical (unpaired) electrons. The molecule has 2 N–H and O–H groups in total. The van der Waals surface area contributed by atoms with E-state index >= 15 is 0 Å². The lowest BCUT2D eigenvalue weighted by atomic mass is 10.1. The molecule has 0 fully saturated rings. The largest absolute Gasteiger partial charge is 0.482 e. The van der Waals surface area contributed by atoms with Gasteiger partial charge in [-0.2, -0.15) is 0 Å². The lowest BCUT2D eigenvalue weighted by Gasteiger charge is -2.19. The highest BCUT2D eigenvalue weighted by molar-refractivity contribution is 7.69. The topological polar surface area (TPSA) is 78.1 Å². The molecule has 1 aromatic carbocycles. The lowest BCUT2D eigenvalue weighted by Crippen LogP contribution is -2.09. The maximum absolute atomic E-state index is 13.8. The highest BCUT2D eigenvalue weighted by Crippen LogP contribution is 2.37. The van der Waals surface area contributed by atoms with Crippen LogP contribution in [0.15, 0.2) is 42.7 Å². The van der Waals surface area contributed by atoms with Gasteiger partial charge in [-0.15, -0.1) is 0 Å². The quantitative estimate of drug-likeness (QED) is 0.404. The molecule has 0 aliphatic carbocycles. The van der Waals surface area contributed by atoms with E-state index in [1.54, 1.807) is 44.8 Å². The van der Waals surface area contributed by atoms with Crippen LogP contribution in [0.5, 0.6) is 5.75 Å². The van der Waals surface area contributed by atoms with Gasteiger partial charge in [-0.3, -0.25) is 4.98 Å². The summed E-state index contributed by atoms with van der Waals surface area (Å²) in [7, 11) is -2.44. The van der Waals surface area contributed by atoms with Gasteiger partial charge in [0.05, 0.1) is 10.5 Å². The second-order valence-electron chi connectivity index (χ2n) is 6.88. The van der Waals surface area contributed by atoms with Gasteiger partial charge in [-0.25, -0.2) is 9.37 Å². The molecule has 0 saturated carbocycles. The molecule has 0 bridgehead atoms. The van der Waals surface area contributed by atoms with Crippen LogP contribution in [0.2, 0.25) is 10.0 Å². The Balaban J connectivity index is 1.92. The second-order valence-corrected chi connectivity index (χ2v) is 10.8. The van der Waals surface area contributed by atoms with Crippen LogP contribution in [-0.4, -0.2) is 23.3 Å². The van der Waals surface area contributed by atoms with E-state index < -0.39 is 19.1 Å². The summed E-state index contributed by atoms with van der Waals surface area (Å²) in [5.74, 6) is -0.121. The van der Waals surface area contributed by atoms with Gasteiger partial charge in [0.2, 0.25) is 0 Å². The Morgan fingerprint density at radius 3 is 2.41 bits per heavy atom. The minimum absolute atomic E-state index is 0.101. The molecule has 0 spiro atoms. The number of hydrogen-bond acceptors (Lipinski definition) is 5. The first-order valence-electron chi connectivity index (χ1n) is 8.65. The predicted molar refractivity (Wildman–Crippen MR) is 116 cm³/mol. The molecule has 3 rings (SSSR count). The van der Waals surface area contributed by atoms with Gasteiger partial charge >= 0.3 is 0 Å². The zero-order valence-electron chi connectivity index (χ0n) is 16.0. The number of hydrogen-bond donors (Lipinski definition) is 1. The number of nitrogen functional groups attached to an aromatic ring is 1. The van der Waals surface area contributed by atoms with Crippen molar-refractivity contribution < 1.29 is 13.7 Å². The van der Waals surface area contributed by atoms with E-state index in [0.29, 0.717) is 22.3 Å². The highest BCUT2D eigenvalue weighted by Gasteiger charge is 2.20. The van der Waals surface area contributed by atoms with Crippen molar-refractivity contribution in [2.75, 3.05) is 19.1 Å². The molecule has 9 heteroatoms. The standard InChI is InChI=1S/C20H19Cl2FN3O2P/c1-11(18-14(21)5-6-15(23)19(18)22)28-16-8-13(10-26-20(16)24)12-4-7-17(25-9-12)29(2,3)27/h4-11H,1-3H3,(H2,24,26). The average Bonchev–Trinajstić information content (AvgIpc) is 2.66. The molecule has 0 aliphatic rings. The van der Waals surface area contributed by atoms with Gasteiger partial charge in [-0.05, 0) is 44.5 Å². The van der Waals surface area contributed by atoms with E-state index in [2.05, 4.69) is 9.97 Å². The first-order chi connectivity index (χ1) is 13.6. The van der Waals surface area contributed by atoms with Gasteiger partial charge in [-0.1, -0.05) is 29.3 Å². The van der Waals surface area contributed by atoms with Crippen molar-refractivity contribution >= 4 is 41.6 Å². The van der Waals surface area contributed by atoms with Crippen LogP contribution >= 0.6 is 30.3 Å². The molecule has 152 valence electrons. The second kappa shape index (κ2) is 8.31. The molecule has 2 heterocycles. The van der Waals surface area contributed by atoms with E-state index in [1.807, 2.05) is 6.07 Å². The molecule has 29 heavy (non-hydrogen) atoms. The van der Waals surface area contributed by atoms with Gasteiger partial charge < -0.3 is 15.0 Å². The Bertz CT molecular complexity index is 1100. The molecule has 0 saturated heterocycles. The molecule has 1 atom stereocenters. The van der Waals surface area contributed by atoms with Gasteiger partial charge in [0.1, 0.15) is 19.1 Å². The summed E-state index contributed by atoms with van der Waals surface area (Å²) in [6.45, 7) is 5.01. The fourth-order valence-corrected chi connectivity index (χ4v) is 4.19. The van der Waals surface area contributed by atoms with Crippen molar-refractivity contribution in [3.8, 4) is 16.9 Å². The average molecular weight is 454 g/mol. The Morgan fingerprint density at radius 2 is 1.79 bits per heavy atom. The first kappa shape index (κ1) is 21.6. The third-order valence-corrected chi connectivity index (χ3v) is 6.39. The first-order valence-corrected chi connectivity index (χ1v) is 12.0. The molecular weight excluding hydrogens is 435 g/mol. The van der Waals surface area contributed by atoms with Crippen LogP contribution in [-0.2, 0) is 4.57 Å². The number of ether oxygens (including phenoxy) is 1. The third-order valence-electron chi connectivity index (χ3n) is 4.30. The van der Waals surface area contributed by atoms with Crippen LogP contribution in [0.3, 0.4) is 0 Å². The summed E-state index contributed by atoms with van der Waals surface area (Å²) in [5.41, 5.74) is 8.29. The maximum Gasteiger partial charge on any atom is 0.166 e. The predicted octanol–water partition coefficient (Wildman–Crippen LogP) is 5.56. The minimum atomic E-state index is -2.44. The summed E-state index contributed by atoms with van der Waals surface area (Å²) < 4.78 is 31.9. The van der Waals surface area contributed by atoms with E-state index in [-0.39, 0.29) is 15.9 Å². The number of anilines is 1. The van der Waals surface area contributed by atoms with Gasteiger partial charge in [0, 0.05) is 34.1 Å². The Hall–Kier alpha value is -2.14. The number of rotatable bonds is 5. The van der Waals surface area contributed by atoms with E-state index in [9.17, 15) is 8.96 Å². The summed E-state index contributed by atoms with van der Waals surface area (Å²) >= 11 is 12.2. The highest BCUT2D eigenvalue weighted by atomic mass is 35.5. The number of pyridine rings is 2. The zero-order valence-corrected chi connectivity index (χ0v) is 18.4. The zero-order chi connectivity index (χ0) is 21.3. The molecule has 0 amide bonds. The Kier molecular flexibility index (Phi) is 6.18. The van der Waals surface area contributed by atoms with E-state index in [1.165, 1.54) is 12.1 Å². The van der Waals surface area contributed by atoms with Gasteiger partial charge in [0.15, 0.2) is 11.6 Å².